The quantitative estimate of drug-likeness (QED) is 0.132. The molecule has 5 heterocycles. The molecule has 0 unspecified atom stereocenters. The third-order valence-corrected chi connectivity index (χ3v) is 9.83. The van der Waals surface area contributed by atoms with E-state index in [0.29, 0.717) is 11.5 Å². The van der Waals surface area contributed by atoms with Crippen molar-refractivity contribution >= 4 is 65.5 Å². The van der Waals surface area contributed by atoms with E-state index in [0.717, 1.165) is 55.1 Å². The van der Waals surface area contributed by atoms with Crippen molar-refractivity contribution in [2.45, 2.75) is 33.1 Å². The Morgan fingerprint density at radius 3 is 2.27 bits per heavy atom. The van der Waals surface area contributed by atoms with Gasteiger partial charge in [0.15, 0.2) is 0 Å². The fraction of sp³-hybridized carbons (Fsp3) is 0.116. The molecule has 0 N–H and O–H groups in total. The Labute approximate surface area is 297 Å². The summed E-state index contributed by atoms with van der Waals surface area (Å²) in [6.45, 7) is 8.91. The molecule has 49 heavy (non-hydrogen) atoms. The summed E-state index contributed by atoms with van der Waals surface area (Å²) in [7, 11) is 0. The molecule has 0 saturated carbocycles. The molecule has 0 spiro atoms. The van der Waals surface area contributed by atoms with Crippen LogP contribution >= 0.6 is 0 Å². The minimum atomic E-state index is -0.0226. The number of nitrogens with zero attached hydrogens (tertiary/aromatic N) is 4. The summed E-state index contributed by atoms with van der Waals surface area (Å²) in [5, 5.41) is 7.89. The third-order valence-electron chi connectivity index (χ3n) is 9.83. The SMILES string of the molecule is Cc1ccccc1-c1cn2c3ccccc3c3ccc(Oc4[c-]c5c(cc4)c4cccc6c7c(C(C)(C)C)ccnc7n5c46)[c-]c3c2n1.[Pt+2]. The molecule has 0 aliphatic heterocycles. The molecule has 0 atom stereocenters. The number of aromatic nitrogens is 4. The zero-order valence-electron chi connectivity index (χ0n) is 27.4. The fourth-order valence-electron chi connectivity index (χ4n) is 7.65. The van der Waals surface area contributed by atoms with Crippen LogP contribution in [0.15, 0.2) is 109 Å². The van der Waals surface area contributed by atoms with E-state index in [1.54, 1.807) is 0 Å². The molecule has 0 amide bonds. The molecule has 5 aromatic heterocycles. The maximum Gasteiger partial charge on any atom is 2.00 e. The summed E-state index contributed by atoms with van der Waals surface area (Å²) in [4.78, 5) is 10.1. The normalized spacial score (nSPS) is 12.3. The summed E-state index contributed by atoms with van der Waals surface area (Å²) >= 11 is 0. The monoisotopic (exact) mass is 813 g/mol. The summed E-state index contributed by atoms with van der Waals surface area (Å²) in [5.74, 6) is 1.24. The molecule has 238 valence electrons. The number of aryl methyl sites for hydroxylation is 1. The number of benzene rings is 5. The van der Waals surface area contributed by atoms with Gasteiger partial charge in [0.25, 0.3) is 0 Å². The average Bonchev–Trinajstić information content (AvgIpc) is 3.78. The van der Waals surface area contributed by atoms with Gasteiger partial charge in [-0.1, -0.05) is 104 Å². The van der Waals surface area contributed by atoms with E-state index in [2.05, 4.69) is 140 Å². The van der Waals surface area contributed by atoms with Crippen molar-refractivity contribution in [3.63, 3.8) is 0 Å². The Bertz CT molecular complexity index is 2930. The van der Waals surface area contributed by atoms with E-state index in [-0.39, 0.29) is 26.5 Å². The van der Waals surface area contributed by atoms with Gasteiger partial charge in [0.05, 0.1) is 11.3 Å². The van der Waals surface area contributed by atoms with Gasteiger partial charge in [-0.05, 0) is 46.4 Å². The first kappa shape index (κ1) is 29.9. The van der Waals surface area contributed by atoms with Crippen molar-refractivity contribution in [2.75, 3.05) is 0 Å². The van der Waals surface area contributed by atoms with Crippen LogP contribution in [-0.4, -0.2) is 18.8 Å². The Kier molecular flexibility index (Phi) is 6.47. The second kappa shape index (κ2) is 10.6. The number of hydrogen-bond acceptors (Lipinski definition) is 3. The van der Waals surface area contributed by atoms with Crippen LogP contribution in [0.25, 0.3) is 76.8 Å². The van der Waals surface area contributed by atoms with Gasteiger partial charge in [-0.3, -0.25) is 4.98 Å². The van der Waals surface area contributed by atoms with Gasteiger partial charge in [-0.15, -0.1) is 29.7 Å². The molecule has 10 aromatic rings. The Morgan fingerprint density at radius 1 is 0.694 bits per heavy atom. The molecule has 5 aromatic carbocycles. The van der Waals surface area contributed by atoms with E-state index < -0.39 is 0 Å². The zero-order chi connectivity index (χ0) is 32.3. The minimum Gasteiger partial charge on any atom is -0.503 e. The first-order valence-electron chi connectivity index (χ1n) is 16.3. The van der Waals surface area contributed by atoms with Crippen LogP contribution in [0.4, 0.5) is 0 Å². The molecule has 0 saturated heterocycles. The Hall–Kier alpha value is -5.25. The van der Waals surface area contributed by atoms with E-state index in [9.17, 15) is 0 Å². The van der Waals surface area contributed by atoms with Crippen molar-refractivity contribution in [3.05, 3.63) is 133 Å². The molecule has 6 heteroatoms. The number of para-hydroxylation sites is 2. The van der Waals surface area contributed by atoms with E-state index in [4.69, 9.17) is 14.7 Å². The summed E-state index contributed by atoms with van der Waals surface area (Å²) in [5.41, 5.74) is 9.55. The molecule has 0 bridgehead atoms. The largest absolute Gasteiger partial charge is 2.00 e. The maximum atomic E-state index is 6.56. The van der Waals surface area contributed by atoms with Crippen LogP contribution in [0.5, 0.6) is 11.5 Å². The minimum absolute atomic E-state index is 0. The topological polar surface area (TPSA) is 43.8 Å². The van der Waals surface area contributed by atoms with Gasteiger partial charge in [-0.2, -0.15) is 6.07 Å². The molecular formula is C43H30N4OPt. The Balaban J connectivity index is 0.00000325. The molecule has 10 rings (SSSR count). The fourth-order valence-corrected chi connectivity index (χ4v) is 7.65. The number of rotatable bonds is 3. The first-order chi connectivity index (χ1) is 23.3. The molecule has 0 aliphatic carbocycles. The number of fused-ring (bicyclic) bond motifs is 12. The number of imidazole rings is 1. The van der Waals surface area contributed by atoms with Crippen LogP contribution in [0, 0.1) is 19.1 Å². The maximum absolute atomic E-state index is 6.56. The molecule has 5 nitrogen and oxygen atoms in total. The predicted octanol–water partition coefficient (Wildman–Crippen LogP) is 10.8. The van der Waals surface area contributed by atoms with Gasteiger partial charge >= 0.3 is 21.1 Å². The molecule has 0 fully saturated rings. The number of ether oxygens (including phenoxy) is 1. The molecule has 0 aliphatic rings. The summed E-state index contributed by atoms with van der Waals surface area (Å²) < 4.78 is 11.0. The van der Waals surface area contributed by atoms with Crippen molar-refractivity contribution in [1.29, 1.82) is 0 Å². The van der Waals surface area contributed by atoms with E-state index in [1.807, 2.05) is 18.3 Å². The van der Waals surface area contributed by atoms with Gasteiger partial charge in [0.2, 0.25) is 0 Å². The van der Waals surface area contributed by atoms with Crippen molar-refractivity contribution in [3.8, 4) is 22.8 Å². The van der Waals surface area contributed by atoms with Crippen LogP contribution in [0.3, 0.4) is 0 Å². The second-order valence-electron chi connectivity index (χ2n) is 13.8. The van der Waals surface area contributed by atoms with Crippen LogP contribution in [-0.2, 0) is 26.5 Å². The van der Waals surface area contributed by atoms with Gasteiger partial charge in [0, 0.05) is 51.3 Å². The third kappa shape index (κ3) is 4.28. The molecule has 0 radical (unpaired) electrons. The zero-order valence-corrected chi connectivity index (χ0v) is 29.7. The Morgan fingerprint density at radius 2 is 1.43 bits per heavy atom. The summed E-state index contributed by atoms with van der Waals surface area (Å²) in [6, 6.07) is 41.0. The van der Waals surface area contributed by atoms with Gasteiger partial charge in [-0.25, -0.2) is 4.98 Å². The number of pyridine rings is 2. The average molecular weight is 814 g/mol. The smallest absolute Gasteiger partial charge is 0.503 e. The van der Waals surface area contributed by atoms with Crippen molar-refractivity contribution < 1.29 is 25.8 Å². The van der Waals surface area contributed by atoms with Crippen molar-refractivity contribution in [2.24, 2.45) is 0 Å². The van der Waals surface area contributed by atoms with Crippen molar-refractivity contribution in [1.82, 2.24) is 18.8 Å². The van der Waals surface area contributed by atoms with E-state index in [1.165, 1.54) is 32.8 Å². The summed E-state index contributed by atoms with van der Waals surface area (Å²) in [6.07, 6.45) is 4.06. The van der Waals surface area contributed by atoms with Gasteiger partial charge in [0.1, 0.15) is 5.65 Å². The molecular weight excluding hydrogens is 784 g/mol. The second-order valence-corrected chi connectivity index (χ2v) is 13.8. The standard InChI is InChI=1S/C43H30N4O.Pt/c1-25-10-5-6-11-28(25)36-24-46-37-15-8-7-12-30(37)29-18-16-26(22-34(29)41(46)45-36)48-27-17-19-31-32-13-9-14-33-39-35(43(2,3)4)20-21-44-42(39)47(40(32)33)38(31)23-27;/h5-21,24H,1-4H3;/q-2;+2. The van der Waals surface area contributed by atoms with Crippen LogP contribution < -0.4 is 4.74 Å². The number of hydrogen-bond donors (Lipinski definition) is 0. The van der Waals surface area contributed by atoms with Crippen LogP contribution in [0.1, 0.15) is 31.9 Å². The first-order valence-corrected chi connectivity index (χ1v) is 16.3. The van der Waals surface area contributed by atoms with E-state index >= 15 is 0 Å². The van der Waals surface area contributed by atoms with Gasteiger partial charge < -0.3 is 13.5 Å². The predicted molar refractivity (Wildman–Crippen MR) is 196 cm³/mol. The van der Waals surface area contributed by atoms with Crippen LogP contribution in [0.2, 0.25) is 0 Å².